The second-order valence-corrected chi connectivity index (χ2v) is 5.83. The number of H-pyrrole nitrogens is 1. The van der Waals surface area contributed by atoms with E-state index >= 15 is 0 Å². The number of nitrogens with zero attached hydrogens (tertiary/aromatic N) is 1. The molecule has 0 atom stereocenters. The molecule has 0 fully saturated rings. The first-order chi connectivity index (χ1) is 12.1. The number of hydrogen-bond acceptors (Lipinski definition) is 4. The molecule has 0 saturated carbocycles. The lowest BCUT2D eigenvalue weighted by Gasteiger charge is -2.08. The molecule has 1 amide bonds. The van der Waals surface area contributed by atoms with Crippen molar-refractivity contribution >= 4 is 28.4 Å². The van der Waals surface area contributed by atoms with E-state index in [4.69, 9.17) is 16.3 Å². The summed E-state index contributed by atoms with van der Waals surface area (Å²) in [6.45, 7) is 0.328. The average Bonchev–Trinajstić information content (AvgIpc) is 2.62. The van der Waals surface area contributed by atoms with Crippen LogP contribution in [0, 0.1) is 0 Å². The maximum Gasteiger partial charge on any atom is 0.269 e. The Bertz CT molecular complexity index is 970. The number of nitrogens with one attached hydrogen (secondary N) is 2. The van der Waals surface area contributed by atoms with Gasteiger partial charge >= 0.3 is 0 Å². The second-order valence-electron chi connectivity index (χ2n) is 5.42. The molecule has 0 unspecified atom stereocenters. The summed E-state index contributed by atoms with van der Waals surface area (Å²) in [7, 11) is 1.53. The Balaban J connectivity index is 1.75. The van der Waals surface area contributed by atoms with E-state index in [0.717, 1.165) is 5.39 Å². The summed E-state index contributed by atoms with van der Waals surface area (Å²) in [6, 6.07) is 10.3. The highest BCUT2D eigenvalue weighted by atomic mass is 35.5. The third kappa shape index (κ3) is 3.80. The summed E-state index contributed by atoms with van der Waals surface area (Å²) in [5, 5.41) is 4.00. The highest BCUT2D eigenvalue weighted by Crippen LogP contribution is 2.28. The number of rotatable bonds is 5. The third-order valence-electron chi connectivity index (χ3n) is 3.77. The SMILES string of the molecule is COc1cc2cc(CCNC(=O)c3ccccn3)c(=O)[nH]c2cc1Cl. The van der Waals surface area contributed by atoms with Gasteiger partial charge in [-0.05, 0) is 36.8 Å². The number of fused-ring (bicyclic) bond motifs is 1. The highest BCUT2D eigenvalue weighted by Gasteiger charge is 2.09. The van der Waals surface area contributed by atoms with Crippen LogP contribution in [-0.2, 0) is 6.42 Å². The quantitative estimate of drug-likeness (QED) is 0.735. The van der Waals surface area contributed by atoms with E-state index in [9.17, 15) is 9.59 Å². The monoisotopic (exact) mass is 357 g/mol. The van der Waals surface area contributed by atoms with Gasteiger partial charge in [-0.3, -0.25) is 14.6 Å². The van der Waals surface area contributed by atoms with E-state index in [1.54, 1.807) is 42.6 Å². The number of aromatic amines is 1. The maximum atomic E-state index is 12.2. The topological polar surface area (TPSA) is 84.1 Å². The number of pyridine rings is 2. The van der Waals surface area contributed by atoms with E-state index < -0.39 is 0 Å². The minimum absolute atomic E-state index is 0.208. The van der Waals surface area contributed by atoms with Crippen LogP contribution in [0.15, 0.2) is 47.4 Å². The number of hydrogen-bond donors (Lipinski definition) is 2. The number of carbonyl (C=O) groups is 1. The van der Waals surface area contributed by atoms with Gasteiger partial charge in [-0.2, -0.15) is 0 Å². The summed E-state index contributed by atoms with van der Waals surface area (Å²) in [6.07, 6.45) is 1.95. The Kier molecular flexibility index (Phi) is 5.00. The van der Waals surface area contributed by atoms with Crippen molar-refractivity contribution in [3.8, 4) is 5.75 Å². The van der Waals surface area contributed by atoms with Gasteiger partial charge in [0.15, 0.2) is 0 Å². The van der Waals surface area contributed by atoms with Gasteiger partial charge in [0.05, 0.1) is 17.6 Å². The predicted molar refractivity (Wildman–Crippen MR) is 96.4 cm³/mol. The van der Waals surface area contributed by atoms with E-state index in [2.05, 4.69) is 15.3 Å². The van der Waals surface area contributed by atoms with Crippen LogP contribution in [0.4, 0.5) is 0 Å². The van der Waals surface area contributed by atoms with Crippen LogP contribution in [0.3, 0.4) is 0 Å². The van der Waals surface area contributed by atoms with Crippen molar-refractivity contribution in [2.75, 3.05) is 13.7 Å². The van der Waals surface area contributed by atoms with Crippen molar-refractivity contribution in [3.05, 3.63) is 69.2 Å². The molecule has 0 spiro atoms. The van der Waals surface area contributed by atoms with Crippen molar-refractivity contribution in [2.45, 2.75) is 6.42 Å². The maximum absolute atomic E-state index is 12.2. The van der Waals surface area contributed by atoms with Crippen molar-refractivity contribution in [2.24, 2.45) is 0 Å². The first-order valence-electron chi connectivity index (χ1n) is 7.67. The number of amides is 1. The van der Waals surface area contributed by atoms with E-state index in [-0.39, 0.29) is 11.5 Å². The molecule has 2 heterocycles. The van der Waals surface area contributed by atoms with Gasteiger partial charge in [0, 0.05) is 23.7 Å². The molecule has 128 valence electrons. The number of ether oxygens (including phenoxy) is 1. The largest absolute Gasteiger partial charge is 0.495 e. The zero-order valence-electron chi connectivity index (χ0n) is 13.5. The molecule has 0 bridgehead atoms. The normalized spacial score (nSPS) is 10.6. The molecule has 2 aromatic heterocycles. The van der Waals surface area contributed by atoms with E-state index in [1.165, 1.54) is 7.11 Å². The molecule has 3 aromatic rings. The van der Waals surface area contributed by atoms with E-state index in [0.29, 0.717) is 40.5 Å². The molecule has 0 saturated heterocycles. The van der Waals surface area contributed by atoms with Gasteiger partial charge < -0.3 is 15.0 Å². The van der Waals surface area contributed by atoms with Crippen LogP contribution in [0.1, 0.15) is 16.1 Å². The van der Waals surface area contributed by atoms with Crippen molar-refractivity contribution < 1.29 is 9.53 Å². The zero-order chi connectivity index (χ0) is 17.8. The van der Waals surface area contributed by atoms with Crippen LogP contribution in [0.5, 0.6) is 5.75 Å². The standard InChI is InChI=1S/C18H16ClN3O3/c1-25-16-9-12-8-11(17(23)22-15(12)10-13(16)19)5-7-21-18(24)14-4-2-3-6-20-14/h2-4,6,8-10H,5,7H2,1H3,(H,21,24)(H,22,23). The summed E-state index contributed by atoms with van der Waals surface area (Å²) in [5.41, 5.74) is 1.34. The van der Waals surface area contributed by atoms with Gasteiger partial charge in [0.1, 0.15) is 11.4 Å². The first kappa shape index (κ1) is 17.0. The lowest BCUT2D eigenvalue weighted by atomic mass is 10.1. The highest BCUT2D eigenvalue weighted by molar-refractivity contribution is 6.32. The fraction of sp³-hybridized carbons (Fsp3) is 0.167. The number of benzene rings is 1. The molecule has 2 N–H and O–H groups in total. The average molecular weight is 358 g/mol. The lowest BCUT2D eigenvalue weighted by Crippen LogP contribution is -2.28. The summed E-state index contributed by atoms with van der Waals surface area (Å²) < 4.78 is 5.20. The molecule has 3 rings (SSSR count). The fourth-order valence-corrected chi connectivity index (χ4v) is 2.73. The minimum atomic E-state index is -0.272. The second kappa shape index (κ2) is 7.36. The molecule has 0 aliphatic carbocycles. The zero-order valence-corrected chi connectivity index (χ0v) is 14.3. The molecule has 0 aliphatic heterocycles. The first-order valence-corrected chi connectivity index (χ1v) is 8.05. The van der Waals surface area contributed by atoms with Gasteiger partial charge in [-0.25, -0.2) is 0 Å². The summed E-state index contributed by atoms with van der Waals surface area (Å²) in [5.74, 6) is 0.266. The van der Waals surface area contributed by atoms with Gasteiger partial charge in [-0.15, -0.1) is 0 Å². The van der Waals surface area contributed by atoms with E-state index in [1.807, 2.05) is 0 Å². The Hall–Kier alpha value is -2.86. The van der Waals surface area contributed by atoms with Crippen LogP contribution in [-0.4, -0.2) is 29.5 Å². The molecule has 0 radical (unpaired) electrons. The number of carbonyl (C=O) groups excluding carboxylic acids is 1. The Morgan fingerprint density at radius 1 is 1.32 bits per heavy atom. The molecule has 0 aliphatic rings. The number of halogens is 1. The Morgan fingerprint density at radius 3 is 2.88 bits per heavy atom. The molecule has 25 heavy (non-hydrogen) atoms. The summed E-state index contributed by atoms with van der Waals surface area (Å²) in [4.78, 5) is 30.9. The number of aromatic nitrogens is 2. The molecule has 6 nitrogen and oxygen atoms in total. The molecular weight excluding hydrogens is 342 g/mol. The number of methoxy groups -OCH3 is 1. The van der Waals surface area contributed by atoms with Crippen LogP contribution in [0.25, 0.3) is 10.9 Å². The Labute approximate surface area is 148 Å². The minimum Gasteiger partial charge on any atom is -0.495 e. The smallest absolute Gasteiger partial charge is 0.269 e. The van der Waals surface area contributed by atoms with Crippen LogP contribution >= 0.6 is 11.6 Å². The van der Waals surface area contributed by atoms with Crippen molar-refractivity contribution in [1.29, 1.82) is 0 Å². The lowest BCUT2D eigenvalue weighted by molar-refractivity contribution is 0.0949. The summed E-state index contributed by atoms with van der Waals surface area (Å²) >= 11 is 6.07. The molecule has 1 aromatic carbocycles. The fourth-order valence-electron chi connectivity index (χ4n) is 2.49. The van der Waals surface area contributed by atoms with Crippen LogP contribution < -0.4 is 15.6 Å². The molecule has 7 heteroatoms. The molecular formula is C18H16ClN3O3. The van der Waals surface area contributed by atoms with Crippen molar-refractivity contribution in [3.63, 3.8) is 0 Å². The van der Waals surface area contributed by atoms with Crippen LogP contribution in [0.2, 0.25) is 5.02 Å². The third-order valence-corrected chi connectivity index (χ3v) is 4.07. The van der Waals surface area contributed by atoms with Gasteiger partial charge in [-0.1, -0.05) is 17.7 Å². The van der Waals surface area contributed by atoms with Crippen molar-refractivity contribution in [1.82, 2.24) is 15.3 Å². The van der Waals surface area contributed by atoms with Gasteiger partial charge in [0.2, 0.25) is 0 Å². The Morgan fingerprint density at radius 2 is 2.16 bits per heavy atom. The van der Waals surface area contributed by atoms with Gasteiger partial charge in [0.25, 0.3) is 11.5 Å². The predicted octanol–water partition coefficient (Wildman–Crippen LogP) is 2.56.